The molecular weight excluding hydrogens is 214 g/mol. The monoisotopic (exact) mass is 233 g/mol. The molecule has 1 aliphatic rings. The smallest absolute Gasteiger partial charge is 0.320 e. The zero-order valence-corrected chi connectivity index (χ0v) is 9.93. The largest absolute Gasteiger partial charge is 0.480 e. The summed E-state index contributed by atoms with van der Waals surface area (Å²) >= 11 is 0. The van der Waals surface area contributed by atoms with Gasteiger partial charge in [0.15, 0.2) is 0 Å². The second-order valence-electron chi connectivity index (χ2n) is 4.72. The van der Waals surface area contributed by atoms with Crippen molar-refractivity contribution in [3.05, 3.63) is 35.9 Å². The lowest BCUT2D eigenvalue weighted by Crippen LogP contribution is -2.42. The third kappa shape index (κ3) is 3.30. The molecule has 0 aromatic heterocycles. The van der Waals surface area contributed by atoms with Gasteiger partial charge in [0.05, 0.1) is 0 Å². The summed E-state index contributed by atoms with van der Waals surface area (Å²) in [6, 6.07) is 9.76. The third-order valence-corrected chi connectivity index (χ3v) is 3.44. The van der Waals surface area contributed by atoms with Crippen LogP contribution in [0.2, 0.25) is 0 Å². The highest BCUT2D eigenvalue weighted by atomic mass is 16.4. The number of carboxylic acid groups (broad SMARTS) is 1. The van der Waals surface area contributed by atoms with Gasteiger partial charge in [-0.1, -0.05) is 36.8 Å². The summed E-state index contributed by atoms with van der Waals surface area (Å²) in [7, 11) is 0. The Labute approximate surface area is 102 Å². The topological polar surface area (TPSA) is 49.3 Å². The molecular formula is C14H19NO2. The molecule has 1 saturated heterocycles. The van der Waals surface area contributed by atoms with Crippen LogP contribution in [-0.2, 0) is 11.2 Å². The van der Waals surface area contributed by atoms with Gasteiger partial charge >= 0.3 is 5.97 Å². The lowest BCUT2D eigenvalue weighted by molar-refractivity contribution is -0.140. The Morgan fingerprint density at radius 3 is 2.76 bits per heavy atom. The fourth-order valence-corrected chi connectivity index (χ4v) is 2.55. The average Bonchev–Trinajstić information content (AvgIpc) is 2.56. The molecule has 3 heteroatoms. The fourth-order valence-electron chi connectivity index (χ4n) is 2.55. The van der Waals surface area contributed by atoms with Crippen LogP contribution in [0.3, 0.4) is 0 Å². The second kappa shape index (κ2) is 5.82. The quantitative estimate of drug-likeness (QED) is 0.840. The molecule has 2 rings (SSSR count). The van der Waals surface area contributed by atoms with Crippen molar-refractivity contribution in [1.82, 2.24) is 5.32 Å². The number of carbonyl (C=O) groups is 1. The molecule has 1 aromatic carbocycles. The van der Waals surface area contributed by atoms with Gasteiger partial charge in [-0.15, -0.1) is 0 Å². The molecule has 3 nitrogen and oxygen atoms in total. The van der Waals surface area contributed by atoms with E-state index in [1.807, 2.05) is 18.2 Å². The number of carboxylic acids is 1. The van der Waals surface area contributed by atoms with E-state index in [0.29, 0.717) is 0 Å². The van der Waals surface area contributed by atoms with Gasteiger partial charge in [0.1, 0.15) is 6.04 Å². The molecule has 92 valence electrons. The molecule has 0 radical (unpaired) electrons. The van der Waals surface area contributed by atoms with E-state index >= 15 is 0 Å². The fraction of sp³-hybridized carbons (Fsp3) is 0.500. The van der Waals surface area contributed by atoms with Crippen LogP contribution in [0.15, 0.2) is 30.3 Å². The standard InChI is InChI=1S/C14H19NO2/c16-14(17)13-12(8-4-5-9-15-13)10-11-6-2-1-3-7-11/h1-3,6-7,12-13,15H,4-5,8-10H2,(H,16,17). The highest BCUT2D eigenvalue weighted by Gasteiger charge is 2.28. The van der Waals surface area contributed by atoms with E-state index in [0.717, 1.165) is 32.2 Å². The Balaban J connectivity index is 2.07. The van der Waals surface area contributed by atoms with E-state index < -0.39 is 12.0 Å². The minimum atomic E-state index is -0.715. The molecule has 1 aliphatic heterocycles. The van der Waals surface area contributed by atoms with E-state index in [1.165, 1.54) is 5.56 Å². The van der Waals surface area contributed by atoms with Crippen LogP contribution in [0, 0.1) is 5.92 Å². The van der Waals surface area contributed by atoms with Crippen molar-refractivity contribution >= 4 is 5.97 Å². The van der Waals surface area contributed by atoms with Gasteiger partial charge in [-0.05, 0) is 37.3 Å². The number of rotatable bonds is 3. The summed E-state index contributed by atoms with van der Waals surface area (Å²) in [5, 5.41) is 12.4. The first-order valence-electron chi connectivity index (χ1n) is 6.27. The highest BCUT2D eigenvalue weighted by molar-refractivity contribution is 5.74. The first-order valence-corrected chi connectivity index (χ1v) is 6.27. The Morgan fingerprint density at radius 1 is 1.29 bits per heavy atom. The van der Waals surface area contributed by atoms with Crippen molar-refractivity contribution < 1.29 is 9.90 Å². The summed E-state index contributed by atoms with van der Waals surface area (Å²) in [6.07, 6.45) is 4.05. The van der Waals surface area contributed by atoms with Crippen molar-refractivity contribution in [2.24, 2.45) is 5.92 Å². The van der Waals surface area contributed by atoms with Gasteiger partial charge in [0, 0.05) is 0 Å². The molecule has 1 heterocycles. The minimum absolute atomic E-state index is 0.206. The molecule has 1 fully saturated rings. The molecule has 17 heavy (non-hydrogen) atoms. The average molecular weight is 233 g/mol. The Bertz CT molecular complexity index is 364. The molecule has 0 bridgehead atoms. The van der Waals surface area contributed by atoms with Crippen molar-refractivity contribution in [2.45, 2.75) is 31.7 Å². The molecule has 0 spiro atoms. The Morgan fingerprint density at radius 2 is 2.06 bits per heavy atom. The lowest BCUT2D eigenvalue weighted by atomic mass is 9.89. The van der Waals surface area contributed by atoms with Gasteiger partial charge in [-0.25, -0.2) is 0 Å². The van der Waals surface area contributed by atoms with Crippen molar-refractivity contribution in [2.75, 3.05) is 6.54 Å². The van der Waals surface area contributed by atoms with E-state index in [-0.39, 0.29) is 5.92 Å². The summed E-state index contributed by atoms with van der Waals surface area (Å²) < 4.78 is 0. The van der Waals surface area contributed by atoms with Crippen LogP contribution in [0.1, 0.15) is 24.8 Å². The van der Waals surface area contributed by atoms with E-state index in [1.54, 1.807) is 0 Å². The molecule has 2 unspecified atom stereocenters. The molecule has 2 N–H and O–H groups in total. The van der Waals surface area contributed by atoms with Gasteiger partial charge < -0.3 is 10.4 Å². The minimum Gasteiger partial charge on any atom is -0.480 e. The second-order valence-corrected chi connectivity index (χ2v) is 4.72. The first-order chi connectivity index (χ1) is 8.27. The number of nitrogens with one attached hydrogen (secondary N) is 1. The van der Waals surface area contributed by atoms with Gasteiger partial charge in [-0.3, -0.25) is 4.79 Å². The van der Waals surface area contributed by atoms with Crippen molar-refractivity contribution in [3.8, 4) is 0 Å². The predicted molar refractivity (Wildman–Crippen MR) is 66.9 cm³/mol. The Hall–Kier alpha value is -1.35. The van der Waals surface area contributed by atoms with Crippen LogP contribution in [0.4, 0.5) is 0 Å². The number of aliphatic carboxylic acids is 1. The summed E-state index contributed by atoms with van der Waals surface area (Å²) in [5.74, 6) is -0.509. The van der Waals surface area contributed by atoms with E-state index in [2.05, 4.69) is 17.4 Å². The van der Waals surface area contributed by atoms with Crippen LogP contribution < -0.4 is 5.32 Å². The SMILES string of the molecule is O=C(O)C1NCCCCC1Cc1ccccc1. The lowest BCUT2D eigenvalue weighted by Gasteiger charge is -2.22. The summed E-state index contributed by atoms with van der Waals surface area (Å²) in [5.41, 5.74) is 1.23. The van der Waals surface area contributed by atoms with Crippen LogP contribution in [0.5, 0.6) is 0 Å². The molecule has 2 atom stereocenters. The molecule has 1 aromatic rings. The van der Waals surface area contributed by atoms with Crippen LogP contribution >= 0.6 is 0 Å². The Kier molecular flexibility index (Phi) is 4.15. The normalized spacial score (nSPS) is 25.2. The summed E-state index contributed by atoms with van der Waals surface area (Å²) in [6.45, 7) is 0.822. The van der Waals surface area contributed by atoms with Gasteiger partial charge in [0.25, 0.3) is 0 Å². The zero-order valence-electron chi connectivity index (χ0n) is 9.93. The number of hydrogen-bond donors (Lipinski definition) is 2. The molecule has 0 saturated carbocycles. The maximum atomic E-state index is 11.2. The maximum Gasteiger partial charge on any atom is 0.320 e. The van der Waals surface area contributed by atoms with Gasteiger partial charge in [-0.2, -0.15) is 0 Å². The summed E-state index contributed by atoms with van der Waals surface area (Å²) in [4.78, 5) is 11.2. The number of hydrogen-bond acceptors (Lipinski definition) is 2. The van der Waals surface area contributed by atoms with Crippen LogP contribution in [0.25, 0.3) is 0 Å². The van der Waals surface area contributed by atoms with Crippen molar-refractivity contribution in [3.63, 3.8) is 0 Å². The first kappa shape index (κ1) is 12.1. The maximum absolute atomic E-state index is 11.2. The zero-order chi connectivity index (χ0) is 12.1. The highest BCUT2D eigenvalue weighted by Crippen LogP contribution is 2.21. The number of benzene rings is 1. The van der Waals surface area contributed by atoms with Crippen molar-refractivity contribution in [1.29, 1.82) is 0 Å². The van der Waals surface area contributed by atoms with Crippen LogP contribution in [-0.4, -0.2) is 23.7 Å². The van der Waals surface area contributed by atoms with E-state index in [4.69, 9.17) is 0 Å². The van der Waals surface area contributed by atoms with Gasteiger partial charge in [0.2, 0.25) is 0 Å². The molecule has 0 amide bonds. The molecule has 0 aliphatic carbocycles. The van der Waals surface area contributed by atoms with E-state index in [9.17, 15) is 9.90 Å². The third-order valence-electron chi connectivity index (χ3n) is 3.44. The predicted octanol–water partition coefficient (Wildman–Crippen LogP) is 2.07.